The second kappa shape index (κ2) is 15.1. The Kier molecular flexibility index (Phi) is 17.6. The van der Waals surface area contributed by atoms with E-state index in [1.54, 1.807) is 0 Å². The van der Waals surface area contributed by atoms with Gasteiger partial charge in [-0.1, -0.05) is 38.5 Å². The summed E-state index contributed by atoms with van der Waals surface area (Å²) in [4.78, 5) is 0. The van der Waals surface area contributed by atoms with Crippen molar-refractivity contribution >= 4 is 12.6 Å². The summed E-state index contributed by atoms with van der Waals surface area (Å²) in [5.41, 5.74) is 5.47. The summed E-state index contributed by atoms with van der Waals surface area (Å²) in [5, 5.41) is 0. The number of nitrogens with zero attached hydrogens (tertiary/aromatic N) is 1. The van der Waals surface area contributed by atoms with Gasteiger partial charge >= 0.3 is 0 Å². The van der Waals surface area contributed by atoms with Crippen LogP contribution in [0.2, 0.25) is 0 Å². The number of hydrogen-bond acceptors (Lipinski definition) is 2. The summed E-state index contributed by atoms with van der Waals surface area (Å²) in [6, 6.07) is 0. The number of nitrogens with two attached hydrogens (primary N) is 1. The fraction of sp³-hybridized carbons (Fsp3) is 1.00. The van der Waals surface area contributed by atoms with Crippen LogP contribution in [0.15, 0.2) is 0 Å². The lowest BCUT2D eigenvalue weighted by molar-refractivity contribution is -0.888. The summed E-state index contributed by atoms with van der Waals surface area (Å²) >= 11 is 4.32. The molecule has 0 spiro atoms. The van der Waals surface area contributed by atoms with Crippen molar-refractivity contribution in [1.82, 2.24) is 0 Å². The molecular formula is C15H35BrN2S. The normalized spacial score (nSPS) is 11.4. The average Bonchev–Trinajstić information content (AvgIpc) is 2.31. The average molecular weight is 355 g/mol. The zero-order valence-electron chi connectivity index (χ0n) is 13.0. The Labute approximate surface area is 137 Å². The third kappa shape index (κ3) is 16.7. The standard InChI is InChI=1S/C15H34N2S.BrH/c1-17(2,14-15-18)13-11-9-7-5-3-4-6-8-10-12-16;/h3-16H2,1-2H3;1H. The van der Waals surface area contributed by atoms with E-state index in [-0.39, 0.29) is 17.0 Å². The van der Waals surface area contributed by atoms with Gasteiger partial charge in [-0.05, 0) is 25.8 Å². The molecule has 0 amide bonds. The SMILES string of the molecule is C[N+](C)(CCS)CCCCCCCCCCCN.[Br-]. The highest BCUT2D eigenvalue weighted by Gasteiger charge is 2.12. The molecule has 0 aromatic heterocycles. The van der Waals surface area contributed by atoms with Crippen molar-refractivity contribution in [3.63, 3.8) is 0 Å². The molecular weight excluding hydrogens is 320 g/mol. The summed E-state index contributed by atoms with van der Waals surface area (Å²) in [7, 11) is 4.63. The molecule has 0 bridgehead atoms. The van der Waals surface area contributed by atoms with Crippen molar-refractivity contribution in [1.29, 1.82) is 0 Å². The Hall–Kier alpha value is 0.750. The van der Waals surface area contributed by atoms with E-state index in [2.05, 4.69) is 26.7 Å². The van der Waals surface area contributed by atoms with Crippen LogP contribution in [0.4, 0.5) is 0 Å². The molecule has 118 valence electrons. The Morgan fingerprint density at radius 2 is 1.16 bits per heavy atom. The molecule has 0 unspecified atom stereocenters. The maximum Gasteiger partial charge on any atom is 0.0871 e. The van der Waals surface area contributed by atoms with E-state index in [1.165, 1.54) is 70.9 Å². The second-order valence-corrected chi connectivity index (χ2v) is 6.52. The van der Waals surface area contributed by atoms with Crippen LogP contribution >= 0.6 is 12.6 Å². The molecule has 2 nitrogen and oxygen atoms in total. The minimum Gasteiger partial charge on any atom is -1.00 e. The molecule has 4 heteroatoms. The minimum absolute atomic E-state index is 0. The van der Waals surface area contributed by atoms with Crippen molar-refractivity contribution in [3.05, 3.63) is 0 Å². The van der Waals surface area contributed by atoms with Gasteiger partial charge in [-0.15, -0.1) is 0 Å². The molecule has 0 heterocycles. The van der Waals surface area contributed by atoms with Gasteiger partial charge in [-0.2, -0.15) is 12.6 Å². The molecule has 0 atom stereocenters. The molecule has 0 aromatic carbocycles. The monoisotopic (exact) mass is 354 g/mol. The van der Waals surface area contributed by atoms with Crippen molar-refractivity contribution < 1.29 is 21.5 Å². The van der Waals surface area contributed by atoms with Gasteiger partial charge in [0.05, 0.1) is 27.2 Å². The Balaban J connectivity index is 0. The van der Waals surface area contributed by atoms with Crippen molar-refractivity contribution in [2.24, 2.45) is 5.73 Å². The first kappa shape index (κ1) is 22.0. The van der Waals surface area contributed by atoms with Gasteiger partial charge in [0.1, 0.15) is 0 Å². The van der Waals surface area contributed by atoms with Crippen molar-refractivity contribution in [2.75, 3.05) is 39.5 Å². The quantitative estimate of drug-likeness (QED) is 0.280. The highest BCUT2D eigenvalue weighted by Crippen LogP contribution is 2.10. The van der Waals surface area contributed by atoms with E-state index in [9.17, 15) is 0 Å². The highest BCUT2D eigenvalue weighted by molar-refractivity contribution is 7.80. The van der Waals surface area contributed by atoms with Crippen LogP contribution in [0.25, 0.3) is 0 Å². The first-order chi connectivity index (χ1) is 8.62. The molecule has 0 saturated carbocycles. The lowest BCUT2D eigenvalue weighted by atomic mass is 10.1. The maximum absolute atomic E-state index is 5.47. The predicted molar refractivity (Wildman–Crippen MR) is 86.3 cm³/mol. The van der Waals surface area contributed by atoms with Crippen LogP contribution in [0.3, 0.4) is 0 Å². The van der Waals surface area contributed by atoms with E-state index in [0.717, 1.165) is 16.8 Å². The van der Waals surface area contributed by atoms with E-state index in [4.69, 9.17) is 5.73 Å². The zero-order chi connectivity index (χ0) is 13.7. The minimum atomic E-state index is 0. The van der Waals surface area contributed by atoms with Crippen molar-refractivity contribution in [3.8, 4) is 0 Å². The number of rotatable bonds is 13. The number of unbranched alkanes of at least 4 members (excludes halogenated alkanes) is 8. The molecule has 0 fully saturated rings. The summed E-state index contributed by atoms with van der Waals surface area (Å²) < 4.78 is 1.13. The number of quaternary nitrogens is 1. The molecule has 0 aliphatic heterocycles. The number of hydrogen-bond donors (Lipinski definition) is 2. The molecule has 19 heavy (non-hydrogen) atoms. The maximum atomic E-state index is 5.47. The number of thiol groups is 1. The Morgan fingerprint density at radius 1 is 0.737 bits per heavy atom. The van der Waals surface area contributed by atoms with Crippen molar-refractivity contribution in [2.45, 2.75) is 57.8 Å². The van der Waals surface area contributed by atoms with Crippen LogP contribution < -0.4 is 22.7 Å². The van der Waals surface area contributed by atoms with Gasteiger partial charge in [-0.3, -0.25) is 0 Å². The van der Waals surface area contributed by atoms with E-state index < -0.39 is 0 Å². The van der Waals surface area contributed by atoms with E-state index >= 15 is 0 Å². The van der Waals surface area contributed by atoms with Crippen LogP contribution in [0, 0.1) is 0 Å². The third-order valence-electron chi connectivity index (χ3n) is 3.67. The van der Waals surface area contributed by atoms with Crippen LogP contribution in [-0.2, 0) is 0 Å². The lowest BCUT2D eigenvalue weighted by Gasteiger charge is -2.29. The molecule has 0 aliphatic rings. The van der Waals surface area contributed by atoms with Gasteiger partial charge in [0, 0.05) is 5.75 Å². The summed E-state index contributed by atoms with van der Waals surface area (Å²) in [6.07, 6.45) is 12.3. The topological polar surface area (TPSA) is 26.0 Å². The van der Waals surface area contributed by atoms with Crippen LogP contribution in [-0.4, -0.2) is 44.0 Å². The molecule has 0 aromatic rings. The fourth-order valence-electron chi connectivity index (χ4n) is 2.30. The molecule has 0 aliphatic carbocycles. The predicted octanol–water partition coefficient (Wildman–Crippen LogP) is 0.466. The zero-order valence-corrected chi connectivity index (χ0v) is 15.5. The smallest absolute Gasteiger partial charge is 0.0871 e. The Morgan fingerprint density at radius 3 is 1.58 bits per heavy atom. The van der Waals surface area contributed by atoms with Crippen LogP contribution in [0.1, 0.15) is 57.8 Å². The fourth-order valence-corrected chi connectivity index (χ4v) is 2.85. The largest absolute Gasteiger partial charge is 1.00 e. The van der Waals surface area contributed by atoms with Gasteiger partial charge in [0.25, 0.3) is 0 Å². The molecule has 0 saturated heterocycles. The highest BCUT2D eigenvalue weighted by atomic mass is 79.9. The number of halogens is 1. The molecule has 0 rings (SSSR count). The van der Waals surface area contributed by atoms with Gasteiger partial charge in [0.15, 0.2) is 0 Å². The van der Waals surface area contributed by atoms with Crippen LogP contribution in [0.5, 0.6) is 0 Å². The molecule has 2 N–H and O–H groups in total. The lowest BCUT2D eigenvalue weighted by Crippen LogP contribution is -3.00. The second-order valence-electron chi connectivity index (χ2n) is 6.08. The van der Waals surface area contributed by atoms with E-state index in [1.807, 2.05) is 0 Å². The molecule has 0 radical (unpaired) electrons. The summed E-state index contributed by atoms with van der Waals surface area (Å²) in [5.74, 6) is 0.996. The van der Waals surface area contributed by atoms with Gasteiger partial charge in [0.2, 0.25) is 0 Å². The van der Waals surface area contributed by atoms with Gasteiger partial charge < -0.3 is 27.2 Å². The first-order valence-corrected chi connectivity index (χ1v) is 8.38. The Bertz CT molecular complexity index is 178. The summed E-state index contributed by atoms with van der Waals surface area (Å²) in [6.45, 7) is 3.35. The van der Waals surface area contributed by atoms with E-state index in [0.29, 0.717) is 0 Å². The van der Waals surface area contributed by atoms with Gasteiger partial charge in [-0.25, -0.2) is 0 Å². The first-order valence-electron chi connectivity index (χ1n) is 7.75. The third-order valence-corrected chi connectivity index (χ3v) is 3.87.